The van der Waals surface area contributed by atoms with E-state index >= 15 is 0 Å². The van der Waals surface area contributed by atoms with Gasteiger partial charge in [0.1, 0.15) is 17.4 Å². The Balaban J connectivity index is 1.47. The smallest absolute Gasteiger partial charge is 0.332 e. The topological polar surface area (TPSA) is 74.7 Å². The van der Waals surface area contributed by atoms with Crippen LogP contribution >= 0.6 is 11.3 Å². The van der Waals surface area contributed by atoms with Gasteiger partial charge < -0.3 is 14.2 Å². The van der Waals surface area contributed by atoms with Crippen molar-refractivity contribution in [2.24, 2.45) is 0 Å². The maximum absolute atomic E-state index is 12.3. The number of Topliss-reactive ketones (excluding diaryl/α,β-unsaturated/α-hetero) is 1. The van der Waals surface area contributed by atoms with Gasteiger partial charge in [0.15, 0.2) is 6.10 Å². The van der Waals surface area contributed by atoms with Gasteiger partial charge in [-0.15, -0.1) is 11.3 Å². The number of ether oxygens (including phenoxy) is 3. The first-order valence-electron chi connectivity index (χ1n) is 8.37. The van der Waals surface area contributed by atoms with Gasteiger partial charge in [0.2, 0.25) is 5.78 Å². The van der Waals surface area contributed by atoms with E-state index in [-0.39, 0.29) is 19.0 Å². The number of methoxy groups -OCH3 is 1. The van der Waals surface area contributed by atoms with Crippen LogP contribution in [0.4, 0.5) is 0 Å². The zero-order valence-electron chi connectivity index (χ0n) is 15.0. The van der Waals surface area contributed by atoms with Crippen LogP contribution in [0, 0.1) is 0 Å². The molecule has 6 nitrogen and oxygen atoms in total. The number of esters is 1. The van der Waals surface area contributed by atoms with E-state index in [4.69, 9.17) is 14.2 Å². The van der Waals surface area contributed by atoms with Gasteiger partial charge in [-0.1, -0.05) is 12.1 Å². The van der Waals surface area contributed by atoms with Crippen molar-refractivity contribution in [3.8, 4) is 5.75 Å². The second kappa shape index (κ2) is 8.75. The van der Waals surface area contributed by atoms with Crippen molar-refractivity contribution in [1.29, 1.82) is 0 Å². The number of fused-ring (bicyclic) bond motifs is 1. The number of rotatable bonds is 8. The first kappa shape index (κ1) is 19.0. The van der Waals surface area contributed by atoms with Crippen LogP contribution < -0.4 is 4.74 Å². The molecule has 3 rings (SSSR count). The quantitative estimate of drug-likeness (QED) is 0.435. The first-order valence-corrected chi connectivity index (χ1v) is 9.18. The Labute approximate surface area is 160 Å². The standard InChI is InChI=1S/C20H19NO5S/c1-13(20(23)14-7-9-15(24-2)10-8-14)26-19(22)12-25-11-18-21-16-5-3-4-6-17(16)27-18/h3-10,13H,11-12H2,1-2H3/t13-/m0/s1. The Bertz CT molecular complexity index is 902. The molecule has 0 fully saturated rings. The fraction of sp³-hybridized carbons (Fsp3) is 0.250. The molecule has 1 heterocycles. The van der Waals surface area contributed by atoms with E-state index in [2.05, 4.69) is 4.98 Å². The third-order valence-electron chi connectivity index (χ3n) is 3.84. The lowest BCUT2D eigenvalue weighted by atomic mass is 10.1. The third-order valence-corrected chi connectivity index (χ3v) is 4.85. The highest BCUT2D eigenvalue weighted by atomic mass is 32.1. The summed E-state index contributed by atoms with van der Waals surface area (Å²) in [6.07, 6.45) is -0.892. The summed E-state index contributed by atoms with van der Waals surface area (Å²) in [5.74, 6) is -0.220. The van der Waals surface area contributed by atoms with Crippen LogP contribution in [0.25, 0.3) is 10.2 Å². The van der Waals surface area contributed by atoms with Crippen LogP contribution in [0.5, 0.6) is 5.75 Å². The molecule has 27 heavy (non-hydrogen) atoms. The minimum atomic E-state index is -0.892. The normalized spacial score (nSPS) is 11.9. The molecular weight excluding hydrogens is 366 g/mol. The van der Waals surface area contributed by atoms with E-state index < -0.39 is 12.1 Å². The summed E-state index contributed by atoms with van der Waals surface area (Å²) in [4.78, 5) is 28.7. The van der Waals surface area contributed by atoms with E-state index in [9.17, 15) is 9.59 Å². The monoisotopic (exact) mass is 385 g/mol. The SMILES string of the molecule is COc1ccc(C(=O)[C@H](C)OC(=O)COCc2nc3ccccc3s2)cc1. The zero-order valence-corrected chi connectivity index (χ0v) is 15.8. The third kappa shape index (κ3) is 4.90. The molecule has 2 aromatic carbocycles. The van der Waals surface area contributed by atoms with Crippen LogP contribution in [0.3, 0.4) is 0 Å². The summed E-state index contributed by atoms with van der Waals surface area (Å²) < 4.78 is 16.7. The Kier molecular flexibility index (Phi) is 6.16. The van der Waals surface area contributed by atoms with Gasteiger partial charge in [-0.3, -0.25) is 4.79 Å². The highest BCUT2D eigenvalue weighted by molar-refractivity contribution is 7.18. The molecule has 7 heteroatoms. The minimum absolute atomic E-state index is 0.218. The van der Waals surface area contributed by atoms with Gasteiger partial charge in [-0.2, -0.15) is 0 Å². The molecule has 0 aliphatic heterocycles. The molecule has 1 atom stereocenters. The number of carbonyl (C=O) groups excluding carboxylic acids is 2. The Hall–Kier alpha value is -2.77. The van der Waals surface area contributed by atoms with Gasteiger partial charge in [0.05, 0.1) is 23.9 Å². The predicted molar refractivity (Wildman–Crippen MR) is 102 cm³/mol. The molecule has 0 aliphatic carbocycles. The lowest BCUT2D eigenvalue weighted by Gasteiger charge is -2.12. The maximum Gasteiger partial charge on any atom is 0.332 e. The fourth-order valence-electron chi connectivity index (χ4n) is 2.48. The second-order valence-corrected chi connectivity index (χ2v) is 6.91. The summed E-state index contributed by atoms with van der Waals surface area (Å²) in [7, 11) is 1.55. The van der Waals surface area contributed by atoms with Crippen molar-refractivity contribution >= 4 is 33.3 Å². The van der Waals surface area contributed by atoms with E-state index in [0.717, 1.165) is 15.2 Å². The average Bonchev–Trinajstić information content (AvgIpc) is 3.10. The van der Waals surface area contributed by atoms with Crippen molar-refractivity contribution in [3.05, 3.63) is 59.1 Å². The van der Waals surface area contributed by atoms with Crippen molar-refractivity contribution < 1.29 is 23.8 Å². The Morgan fingerprint density at radius 2 is 1.85 bits per heavy atom. The lowest BCUT2D eigenvalue weighted by molar-refractivity contribution is -0.152. The number of para-hydroxylation sites is 1. The maximum atomic E-state index is 12.3. The summed E-state index contributed by atoms with van der Waals surface area (Å²) >= 11 is 1.52. The molecule has 0 spiro atoms. The van der Waals surface area contributed by atoms with E-state index in [1.54, 1.807) is 31.4 Å². The van der Waals surface area contributed by atoms with Crippen molar-refractivity contribution in [2.75, 3.05) is 13.7 Å². The number of hydrogen-bond donors (Lipinski definition) is 0. The Morgan fingerprint density at radius 3 is 2.56 bits per heavy atom. The van der Waals surface area contributed by atoms with Gasteiger partial charge in [0, 0.05) is 5.56 Å². The molecule has 3 aromatic rings. The minimum Gasteiger partial charge on any atom is -0.497 e. The van der Waals surface area contributed by atoms with Crippen molar-refractivity contribution in [2.45, 2.75) is 19.6 Å². The van der Waals surface area contributed by atoms with Crippen LogP contribution in [-0.4, -0.2) is 36.6 Å². The first-order chi connectivity index (χ1) is 13.1. The zero-order chi connectivity index (χ0) is 19.2. The summed E-state index contributed by atoms with van der Waals surface area (Å²) in [6, 6.07) is 14.4. The largest absolute Gasteiger partial charge is 0.497 e. The molecule has 1 aromatic heterocycles. The fourth-order valence-corrected chi connectivity index (χ4v) is 3.38. The molecule has 0 amide bonds. The number of ketones is 1. The number of thiazole rings is 1. The van der Waals surface area contributed by atoms with Gasteiger partial charge in [-0.05, 0) is 43.3 Å². The summed E-state index contributed by atoms with van der Waals surface area (Å²) in [5.41, 5.74) is 1.36. The van der Waals surface area contributed by atoms with Crippen LogP contribution in [0.1, 0.15) is 22.3 Å². The molecule has 0 saturated heterocycles. The summed E-state index contributed by atoms with van der Waals surface area (Å²) in [5, 5.41) is 0.784. The highest BCUT2D eigenvalue weighted by Gasteiger charge is 2.19. The van der Waals surface area contributed by atoms with Gasteiger partial charge in [-0.25, -0.2) is 9.78 Å². The highest BCUT2D eigenvalue weighted by Crippen LogP contribution is 2.22. The van der Waals surface area contributed by atoms with Crippen LogP contribution in [0.2, 0.25) is 0 Å². The van der Waals surface area contributed by atoms with Crippen LogP contribution in [0.15, 0.2) is 48.5 Å². The number of hydrogen-bond acceptors (Lipinski definition) is 7. The Morgan fingerprint density at radius 1 is 1.11 bits per heavy atom. The molecule has 0 bridgehead atoms. The molecular formula is C20H19NO5S. The average molecular weight is 385 g/mol. The van der Waals surface area contributed by atoms with Gasteiger partial charge in [0.25, 0.3) is 0 Å². The number of benzene rings is 2. The predicted octanol–water partition coefficient (Wildman–Crippen LogP) is 3.64. The number of nitrogens with zero attached hydrogens (tertiary/aromatic N) is 1. The summed E-state index contributed by atoms with van der Waals surface area (Å²) in [6.45, 7) is 1.52. The van der Waals surface area contributed by atoms with E-state index in [1.165, 1.54) is 18.3 Å². The molecule has 0 saturated carbocycles. The molecule has 140 valence electrons. The van der Waals surface area contributed by atoms with E-state index in [0.29, 0.717) is 11.3 Å². The molecule has 0 unspecified atom stereocenters. The van der Waals surface area contributed by atoms with Crippen molar-refractivity contribution in [1.82, 2.24) is 4.98 Å². The lowest BCUT2D eigenvalue weighted by Crippen LogP contribution is -2.26. The molecule has 0 radical (unpaired) electrons. The molecule has 0 N–H and O–H groups in total. The molecule has 0 aliphatic rings. The number of aromatic nitrogens is 1. The van der Waals surface area contributed by atoms with E-state index in [1.807, 2.05) is 24.3 Å². The van der Waals surface area contributed by atoms with Crippen molar-refractivity contribution in [3.63, 3.8) is 0 Å². The second-order valence-electron chi connectivity index (χ2n) is 5.79. The van der Waals surface area contributed by atoms with Crippen LogP contribution in [-0.2, 0) is 20.9 Å². The van der Waals surface area contributed by atoms with Gasteiger partial charge >= 0.3 is 5.97 Å². The number of carbonyl (C=O) groups is 2.